The average Bonchev–Trinajstić information content (AvgIpc) is 2.37. The Hall–Kier alpha value is -1.45. The first-order chi connectivity index (χ1) is 9.81. The first kappa shape index (κ1) is 17.6. The van der Waals surface area contributed by atoms with Crippen molar-refractivity contribution in [2.45, 2.75) is 78.4 Å². The lowest BCUT2D eigenvalue weighted by molar-refractivity contribution is 0.122. The Bertz CT molecular complexity index is 427. The highest BCUT2D eigenvalue weighted by Crippen LogP contribution is 2.26. The van der Waals surface area contributed by atoms with Gasteiger partial charge in [-0.1, -0.05) is 26.2 Å². The van der Waals surface area contributed by atoms with Crippen molar-refractivity contribution in [3.05, 3.63) is 12.1 Å². The van der Waals surface area contributed by atoms with E-state index in [1.807, 2.05) is 20.8 Å². The maximum atomic E-state index is 5.90. The Morgan fingerprint density at radius 1 is 1.19 bits per heavy atom. The monoisotopic (exact) mass is 294 g/mol. The van der Waals surface area contributed by atoms with E-state index in [4.69, 9.17) is 15.2 Å². The zero-order valence-corrected chi connectivity index (χ0v) is 14.1. The van der Waals surface area contributed by atoms with Gasteiger partial charge in [0.15, 0.2) is 0 Å². The average molecular weight is 294 g/mol. The molecule has 120 valence electrons. The Kier molecular flexibility index (Phi) is 6.79. The van der Waals surface area contributed by atoms with Crippen molar-refractivity contribution in [2.75, 3.05) is 5.73 Å². The number of nitrogen functional groups attached to an aromatic ring is 1. The summed E-state index contributed by atoms with van der Waals surface area (Å²) in [7, 11) is 0. The summed E-state index contributed by atoms with van der Waals surface area (Å²) in [6.45, 7) is 10.2. The molecule has 4 nitrogen and oxygen atoms in total. The predicted molar refractivity (Wildman–Crippen MR) is 87.9 cm³/mol. The molecule has 0 aromatic carbocycles. The highest BCUT2D eigenvalue weighted by molar-refractivity contribution is 5.49. The molecule has 0 aliphatic carbocycles. The van der Waals surface area contributed by atoms with Crippen LogP contribution in [0, 0.1) is 0 Å². The molecule has 1 aromatic heterocycles. The van der Waals surface area contributed by atoms with Crippen LogP contribution in [-0.2, 0) is 0 Å². The Balaban J connectivity index is 2.57. The van der Waals surface area contributed by atoms with Gasteiger partial charge in [-0.15, -0.1) is 0 Å². The summed E-state index contributed by atoms with van der Waals surface area (Å²) in [4.78, 5) is 4.37. The van der Waals surface area contributed by atoms with E-state index >= 15 is 0 Å². The van der Waals surface area contributed by atoms with E-state index in [0.29, 0.717) is 17.4 Å². The van der Waals surface area contributed by atoms with Crippen LogP contribution in [-0.4, -0.2) is 16.7 Å². The molecule has 0 aliphatic rings. The van der Waals surface area contributed by atoms with Crippen LogP contribution in [0.2, 0.25) is 0 Å². The number of nitrogens with two attached hydrogens (primary N) is 1. The van der Waals surface area contributed by atoms with Crippen LogP contribution in [0.3, 0.4) is 0 Å². The van der Waals surface area contributed by atoms with Crippen molar-refractivity contribution in [3.8, 4) is 11.8 Å². The molecule has 0 amide bonds. The number of pyridine rings is 1. The van der Waals surface area contributed by atoms with Gasteiger partial charge in [-0.05, 0) is 46.6 Å². The van der Waals surface area contributed by atoms with Crippen LogP contribution in [0.5, 0.6) is 11.8 Å². The zero-order chi connectivity index (χ0) is 15.9. The molecule has 4 heteroatoms. The van der Waals surface area contributed by atoms with E-state index in [2.05, 4.69) is 18.8 Å². The number of anilines is 1. The molecule has 1 aromatic rings. The topological polar surface area (TPSA) is 57.4 Å². The molecule has 1 rings (SSSR count). The molecule has 0 radical (unpaired) electrons. The van der Waals surface area contributed by atoms with Gasteiger partial charge in [0.05, 0.1) is 11.8 Å². The fraction of sp³-hybridized carbons (Fsp3) is 0.706. The summed E-state index contributed by atoms with van der Waals surface area (Å²) in [5.74, 6) is 1.02. The third-order valence-corrected chi connectivity index (χ3v) is 3.05. The van der Waals surface area contributed by atoms with Crippen molar-refractivity contribution in [2.24, 2.45) is 0 Å². The van der Waals surface area contributed by atoms with Gasteiger partial charge in [0.25, 0.3) is 0 Å². The number of unbranched alkanes of at least 4 members (excludes halogenated alkanes) is 3. The van der Waals surface area contributed by atoms with Gasteiger partial charge in [0.1, 0.15) is 5.60 Å². The number of nitrogens with zero attached hydrogens (tertiary/aromatic N) is 1. The van der Waals surface area contributed by atoms with Gasteiger partial charge in [-0.25, -0.2) is 0 Å². The summed E-state index contributed by atoms with van der Waals surface area (Å²) in [5.41, 5.74) is 6.11. The summed E-state index contributed by atoms with van der Waals surface area (Å²) in [5, 5.41) is 0. The first-order valence-electron chi connectivity index (χ1n) is 7.94. The predicted octanol–water partition coefficient (Wildman–Crippen LogP) is 4.58. The van der Waals surface area contributed by atoms with E-state index < -0.39 is 0 Å². The van der Waals surface area contributed by atoms with Crippen LogP contribution in [0.1, 0.15) is 66.7 Å². The summed E-state index contributed by atoms with van der Waals surface area (Å²) >= 11 is 0. The van der Waals surface area contributed by atoms with E-state index in [-0.39, 0.29) is 11.7 Å². The standard InChI is InChI=1S/C17H30N2O2/c1-6-7-8-9-10-13(2)20-15-12-11-14(18)16(19-15)21-17(3,4)5/h11-13H,6-10,18H2,1-5H3. The number of hydrogen-bond donors (Lipinski definition) is 1. The lowest BCUT2D eigenvalue weighted by Crippen LogP contribution is -2.24. The fourth-order valence-corrected chi connectivity index (χ4v) is 2.00. The van der Waals surface area contributed by atoms with Crippen molar-refractivity contribution in [1.29, 1.82) is 0 Å². The minimum absolute atomic E-state index is 0.153. The lowest BCUT2D eigenvalue weighted by atomic mass is 10.1. The van der Waals surface area contributed by atoms with Crippen molar-refractivity contribution < 1.29 is 9.47 Å². The molecule has 0 bridgehead atoms. The molecule has 0 aliphatic heterocycles. The second-order valence-corrected chi connectivity index (χ2v) is 6.54. The van der Waals surface area contributed by atoms with Crippen LogP contribution in [0.15, 0.2) is 12.1 Å². The van der Waals surface area contributed by atoms with Crippen LogP contribution in [0.25, 0.3) is 0 Å². The summed E-state index contributed by atoms with van der Waals surface area (Å²) in [6.07, 6.45) is 6.19. The molecule has 2 N–H and O–H groups in total. The van der Waals surface area contributed by atoms with Gasteiger partial charge in [0.2, 0.25) is 11.8 Å². The summed E-state index contributed by atoms with van der Waals surface area (Å²) in [6, 6.07) is 3.58. The molecule has 1 heterocycles. The number of ether oxygens (including phenoxy) is 2. The quantitative estimate of drug-likeness (QED) is 0.713. The third-order valence-electron chi connectivity index (χ3n) is 3.05. The lowest BCUT2D eigenvalue weighted by Gasteiger charge is -2.22. The molecular formula is C17H30N2O2. The van der Waals surface area contributed by atoms with Crippen molar-refractivity contribution >= 4 is 5.69 Å². The highest BCUT2D eigenvalue weighted by Gasteiger charge is 2.16. The molecule has 1 unspecified atom stereocenters. The van der Waals surface area contributed by atoms with Crippen molar-refractivity contribution in [1.82, 2.24) is 4.98 Å². The third kappa shape index (κ3) is 7.21. The van der Waals surface area contributed by atoms with Gasteiger partial charge in [-0.3, -0.25) is 0 Å². The number of rotatable bonds is 8. The van der Waals surface area contributed by atoms with E-state index in [1.165, 1.54) is 25.7 Å². The van der Waals surface area contributed by atoms with Gasteiger partial charge in [0, 0.05) is 6.07 Å². The molecular weight excluding hydrogens is 264 g/mol. The molecule has 0 saturated carbocycles. The van der Waals surface area contributed by atoms with E-state index in [0.717, 1.165) is 6.42 Å². The number of aromatic nitrogens is 1. The second-order valence-electron chi connectivity index (χ2n) is 6.54. The zero-order valence-electron chi connectivity index (χ0n) is 14.1. The van der Waals surface area contributed by atoms with Crippen molar-refractivity contribution in [3.63, 3.8) is 0 Å². The smallest absolute Gasteiger partial charge is 0.241 e. The second kappa shape index (κ2) is 8.11. The Labute approximate surface area is 129 Å². The molecule has 0 fully saturated rings. The Morgan fingerprint density at radius 2 is 1.90 bits per heavy atom. The molecule has 1 atom stereocenters. The Morgan fingerprint density at radius 3 is 2.52 bits per heavy atom. The van der Waals surface area contributed by atoms with Crippen LogP contribution >= 0.6 is 0 Å². The summed E-state index contributed by atoms with van der Waals surface area (Å²) < 4.78 is 11.6. The van der Waals surface area contributed by atoms with Crippen LogP contribution in [0.4, 0.5) is 5.69 Å². The van der Waals surface area contributed by atoms with E-state index in [9.17, 15) is 0 Å². The van der Waals surface area contributed by atoms with Gasteiger partial charge in [-0.2, -0.15) is 4.98 Å². The van der Waals surface area contributed by atoms with Gasteiger partial charge >= 0.3 is 0 Å². The molecule has 0 saturated heterocycles. The van der Waals surface area contributed by atoms with Gasteiger partial charge < -0.3 is 15.2 Å². The minimum Gasteiger partial charge on any atom is -0.475 e. The SMILES string of the molecule is CCCCCCC(C)Oc1ccc(N)c(OC(C)(C)C)n1. The fourth-order valence-electron chi connectivity index (χ4n) is 2.00. The normalized spacial score (nSPS) is 13.0. The first-order valence-corrected chi connectivity index (χ1v) is 7.94. The van der Waals surface area contributed by atoms with E-state index in [1.54, 1.807) is 12.1 Å². The maximum Gasteiger partial charge on any atom is 0.241 e. The molecule has 21 heavy (non-hydrogen) atoms. The largest absolute Gasteiger partial charge is 0.475 e. The minimum atomic E-state index is -0.328. The number of hydrogen-bond acceptors (Lipinski definition) is 4. The maximum absolute atomic E-state index is 5.90. The highest BCUT2D eigenvalue weighted by atomic mass is 16.5. The molecule has 0 spiro atoms. The van der Waals surface area contributed by atoms with Crippen LogP contribution < -0.4 is 15.2 Å².